The molecule has 1 unspecified atom stereocenters. The zero-order chi connectivity index (χ0) is 23.1. The van der Waals surface area contributed by atoms with E-state index in [4.69, 9.17) is 0 Å². The summed E-state index contributed by atoms with van der Waals surface area (Å²) in [6, 6.07) is 22.9. The molecule has 0 fully saturated rings. The lowest BCUT2D eigenvalue weighted by molar-refractivity contribution is -0.133. The minimum absolute atomic E-state index is 0.224. The number of aromatic nitrogens is 1. The fraction of sp³-hybridized carbons (Fsp3) is 0.393. The van der Waals surface area contributed by atoms with E-state index in [-0.39, 0.29) is 11.3 Å². The summed E-state index contributed by atoms with van der Waals surface area (Å²) >= 11 is 3.50. The third-order valence-electron chi connectivity index (χ3n) is 5.60. The number of hydrogen-bond donors (Lipinski definition) is 0. The highest BCUT2D eigenvalue weighted by Crippen LogP contribution is 2.27. The molecule has 2 aromatic carbocycles. The number of amides is 1. The summed E-state index contributed by atoms with van der Waals surface area (Å²) in [6.45, 7) is 11.0. The highest BCUT2D eigenvalue weighted by Gasteiger charge is 2.22. The Bertz CT molecular complexity index is 986. The lowest BCUT2D eigenvalue weighted by atomic mass is 9.84. The maximum absolute atomic E-state index is 13.4. The minimum Gasteiger partial charge on any atom is -0.345 e. The quantitative estimate of drug-likeness (QED) is 0.306. The van der Waals surface area contributed by atoms with E-state index in [1.165, 1.54) is 5.56 Å². The molecule has 0 saturated heterocycles. The summed E-state index contributed by atoms with van der Waals surface area (Å²) in [4.78, 5) is 15.4. The standard InChI is InChI=1S/C28H35BrN2O/c1-22(18-28(2,3)4)17-27(32)31(20-23-9-6-5-7-10-23)21-26-11-8-16-30(26)19-24-12-14-25(29)15-13-24/h5-16,22H,17-21H2,1-4H3. The molecule has 1 aromatic heterocycles. The van der Waals surface area contributed by atoms with Gasteiger partial charge < -0.3 is 9.47 Å². The van der Waals surface area contributed by atoms with Crippen LogP contribution in [-0.2, 0) is 24.4 Å². The highest BCUT2D eigenvalue weighted by atomic mass is 79.9. The topological polar surface area (TPSA) is 25.2 Å². The molecule has 0 aliphatic rings. The fourth-order valence-corrected chi connectivity index (χ4v) is 4.57. The zero-order valence-corrected chi connectivity index (χ0v) is 21.3. The maximum atomic E-state index is 13.4. The number of halogens is 1. The van der Waals surface area contributed by atoms with Gasteiger partial charge >= 0.3 is 0 Å². The summed E-state index contributed by atoms with van der Waals surface area (Å²) in [6.07, 6.45) is 3.72. The van der Waals surface area contributed by atoms with E-state index in [1.54, 1.807) is 0 Å². The summed E-state index contributed by atoms with van der Waals surface area (Å²) < 4.78 is 3.32. The van der Waals surface area contributed by atoms with Gasteiger partial charge in [-0.3, -0.25) is 4.79 Å². The number of nitrogens with zero attached hydrogens (tertiary/aromatic N) is 2. The van der Waals surface area contributed by atoms with Crippen molar-refractivity contribution >= 4 is 21.8 Å². The second kappa shape index (κ2) is 11.0. The molecule has 0 aliphatic carbocycles. The van der Waals surface area contributed by atoms with Crippen LogP contribution in [-0.4, -0.2) is 15.4 Å². The molecule has 0 spiro atoms. The monoisotopic (exact) mass is 494 g/mol. The Morgan fingerprint density at radius 3 is 2.28 bits per heavy atom. The van der Waals surface area contributed by atoms with Gasteiger partial charge in [-0.25, -0.2) is 0 Å². The summed E-state index contributed by atoms with van der Waals surface area (Å²) in [5, 5.41) is 0. The van der Waals surface area contributed by atoms with E-state index in [9.17, 15) is 4.79 Å². The molecular formula is C28H35BrN2O. The van der Waals surface area contributed by atoms with Gasteiger partial charge in [-0.05, 0) is 53.1 Å². The number of hydrogen-bond acceptors (Lipinski definition) is 1. The molecule has 170 valence electrons. The van der Waals surface area contributed by atoms with Crippen LogP contribution in [0.3, 0.4) is 0 Å². The van der Waals surface area contributed by atoms with Crippen LogP contribution >= 0.6 is 15.9 Å². The van der Waals surface area contributed by atoms with Crippen LogP contribution in [0.5, 0.6) is 0 Å². The normalized spacial score (nSPS) is 12.5. The molecule has 0 saturated carbocycles. The van der Waals surface area contributed by atoms with E-state index in [1.807, 2.05) is 23.1 Å². The third kappa shape index (κ3) is 7.67. The van der Waals surface area contributed by atoms with Crippen molar-refractivity contribution in [2.24, 2.45) is 11.3 Å². The second-order valence-corrected chi connectivity index (χ2v) is 11.0. The van der Waals surface area contributed by atoms with E-state index >= 15 is 0 Å². The first-order valence-corrected chi connectivity index (χ1v) is 12.2. The largest absolute Gasteiger partial charge is 0.345 e. The van der Waals surface area contributed by atoms with Crippen molar-refractivity contribution < 1.29 is 4.79 Å². The first-order chi connectivity index (χ1) is 15.2. The molecule has 32 heavy (non-hydrogen) atoms. The van der Waals surface area contributed by atoms with E-state index in [2.05, 4.69) is 103 Å². The number of benzene rings is 2. The molecule has 3 rings (SSSR count). The van der Waals surface area contributed by atoms with Gasteiger partial charge in [0.05, 0.1) is 6.54 Å². The Hall–Kier alpha value is -2.33. The van der Waals surface area contributed by atoms with Crippen molar-refractivity contribution in [1.29, 1.82) is 0 Å². The Morgan fingerprint density at radius 1 is 0.938 bits per heavy atom. The molecule has 1 atom stereocenters. The molecule has 1 amide bonds. The van der Waals surface area contributed by atoms with Gasteiger partial charge in [0.1, 0.15) is 0 Å². The van der Waals surface area contributed by atoms with Crippen LogP contribution in [0.2, 0.25) is 0 Å². The zero-order valence-electron chi connectivity index (χ0n) is 19.7. The lowest BCUT2D eigenvalue weighted by Gasteiger charge is -2.27. The van der Waals surface area contributed by atoms with Crippen molar-refractivity contribution in [2.45, 2.75) is 60.2 Å². The molecular weight excluding hydrogens is 460 g/mol. The van der Waals surface area contributed by atoms with Crippen molar-refractivity contribution in [3.8, 4) is 0 Å². The smallest absolute Gasteiger partial charge is 0.223 e. The van der Waals surface area contributed by atoms with Crippen LogP contribution in [0, 0.1) is 11.3 Å². The summed E-state index contributed by atoms with van der Waals surface area (Å²) in [5.74, 6) is 0.581. The number of rotatable bonds is 9. The molecule has 0 aliphatic heterocycles. The van der Waals surface area contributed by atoms with Crippen molar-refractivity contribution in [1.82, 2.24) is 9.47 Å². The first-order valence-electron chi connectivity index (χ1n) is 11.4. The fourth-order valence-electron chi connectivity index (χ4n) is 4.31. The van der Waals surface area contributed by atoms with Crippen molar-refractivity contribution in [3.63, 3.8) is 0 Å². The van der Waals surface area contributed by atoms with Gasteiger partial charge in [-0.2, -0.15) is 0 Å². The van der Waals surface area contributed by atoms with Gasteiger partial charge in [-0.15, -0.1) is 0 Å². The second-order valence-electron chi connectivity index (χ2n) is 10.1. The molecule has 3 nitrogen and oxygen atoms in total. The average molecular weight is 496 g/mol. The van der Waals surface area contributed by atoms with Crippen molar-refractivity contribution in [3.05, 3.63) is 94.2 Å². The molecule has 0 N–H and O–H groups in total. The maximum Gasteiger partial charge on any atom is 0.223 e. The Balaban J connectivity index is 1.76. The molecule has 4 heteroatoms. The van der Waals surface area contributed by atoms with Crippen LogP contribution in [0.4, 0.5) is 0 Å². The SMILES string of the molecule is CC(CC(=O)N(Cc1ccccc1)Cc1cccn1Cc1ccc(Br)cc1)CC(C)(C)C. The summed E-state index contributed by atoms with van der Waals surface area (Å²) in [7, 11) is 0. The number of carbonyl (C=O) groups is 1. The Labute approximate surface area is 201 Å². The van der Waals surface area contributed by atoms with Gasteiger partial charge in [0.2, 0.25) is 5.91 Å². The van der Waals surface area contributed by atoms with Gasteiger partial charge in [0.25, 0.3) is 0 Å². The average Bonchev–Trinajstić information content (AvgIpc) is 3.15. The predicted molar refractivity (Wildman–Crippen MR) is 136 cm³/mol. The van der Waals surface area contributed by atoms with Crippen molar-refractivity contribution in [2.75, 3.05) is 0 Å². The van der Waals surface area contributed by atoms with Gasteiger partial charge in [0.15, 0.2) is 0 Å². The summed E-state index contributed by atoms with van der Waals surface area (Å²) in [5.41, 5.74) is 3.78. The van der Waals surface area contributed by atoms with E-state index < -0.39 is 0 Å². The van der Waals surface area contributed by atoms with Gasteiger partial charge in [0, 0.05) is 35.9 Å². The molecule has 1 heterocycles. The highest BCUT2D eigenvalue weighted by molar-refractivity contribution is 9.10. The van der Waals surface area contributed by atoms with E-state index in [0.717, 1.165) is 28.7 Å². The van der Waals surface area contributed by atoms with E-state index in [0.29, 0.717) is 25.4 Å². The lowest BCUT2D eigenvalue weighted by Crippen LogP contribution is -2.32. The predicted octanol–water partition coefficient (Wildman–Crippen LogP) is 7.29. The van der Waals surface area contributed by atoms with Crippen LogP contribution < -0.4 is 0 Å². The van der Waals surface area contributed by atoms with Crippen LogP contribution in [0.1, 0.15) is 57.4 Å². The van der Waals surface area contributed by atoms with Crippen LogP contribution in [0.25, 0.3) is 0 Å². The third-order valence-corrected chi connectivity index (χ3v) is 6.12. The van der Waals surface area contributed by atoms with Gasteiger partial charge in [-0.1, -0.05) is 86.1 Å². The first kappa shape index (κ1) is 24.3. The molecule has 3 aromatic rings. The Morgan fingerprint density at radius 2 is 1.62 bits per heavy atom. The minimum atomic E-state index is 0.224. The molecule has 0 bridgehead atoms. The van der Waals surface area contributed by atoms with Crippen LogP contribution in [0.15, 0.2) is 77.4 Å². The number of carbonyl (C=O) groups excluding carboxylic acids is 1. The molecule has 0 radical (unpaired) electrons. The Kier molecular flexibility index (Phi) is 8.36.